The number of carbonyl (C=O) groups excluding carboxylic acids is 1. The van der Waals surface area contributed by atoms with Crippen LogP contribution in [-0.2, 0) is 15.7 Å². The Labute approximate surface area is 172 Å². The van der Waals surface area contributed by atoms with Crippen LogP contribution in [0, 0.1) is 11.8 Å². The lowest BCUT2D eigenvalue weighted by molar-refractivity contribution is -0.144. The first kappa shape index (κ1) is 23.0. The average Bonchev–Trinajstić information content (AvgIpc) is 2.62. The standard InChI is InChI=1S/C20H27BrF3NO3/c1-3-27-19(26)12-25-8-6-15(7-9-25)10-14(2)13-28-16-4-5-18(21)17(11-16)20(22,23)24/h4-5,11,14-15H,3,6-10,12-13H2,1-2H3/t14-/m1/s1. The minimum atomic E-state index is -4.42. The molecule has 1 fully saturated rings. The molecule has 0 saturated carbocycles. The van der Waals surface area contributed by atoms with E-state index in [4.69, 9.17) is 9.47 Å². The molecule has 8 heteroatoms. The van der Waals surface area contributed by atoms with Gasteiger partial charge in [-0.1, -0.05) is 22.9 Å². The van der Waals surface area contributed by atoms with E-state index in [1.807, 2.05) is 0 Å². The van der Waals surface area contributed by atoms with Gasteiger partial charge in [0.1, 0.15) is 5.75 Å². The number of esters is 1. The van der Waals surface area contributed by atoms with Gasteiger partial charge in [-0.25, -0.2) is 0 Å². The van der Waals surface area contributed by atoms with Gasteiger partial charge in [-0.15, -0.1) is 0 Å². The first-order valence-corrected chi connectivity index (χ1v) is 10.4. The number of carbonyl (C=O) groups is 1. The van der Waals surface area contributed by atoms with Crippen LogP contribution in [0.4, 0.5) is 13.2 Å². The zero-order valence-corrected chi connectivity index (χ0v) is 17.8. The topological polar surface area (TPSA) is 38.8 Å². The molecule has 0 spiro atoms. The molecule has 0 radical (unpaired) electrons. The van der Waals surface area contributed by atoms with Crippen molar-refractivity contribution < 1.29 is 27.4 Å². The van der Waals surface area contributed by atoms with Crippen molar-refractivity contribution in [3.63, 3.8) is 0 Å². The second-order valence-electron chi connectivity index (χ2n) is 7.32. The number of ether oxygens (including phenoxy) is 2. The Bertz CT molecular complexity index is 646. The third kappa shape index (κ3) is 7.28. The number of hydrogen-bond acceptors (Lipinski definition) is 4. The summed E-state index contributed by atoms with van der Waals surface area (Å²) in [5.74, 6) is 0.814. The lowest BCUT2D eigenvalue weighted by Gasteiger charge is -2.32. The molecule has 28 heavy (non-hydrogen) atoms. The fraction of sp³-hybridized carbons (Fsp3) is 0.650. The van der Waals surface area contributed by atoms with E-state index in [1.165, 1.54) is 6.07 Å². The maximum absolute atomic E-state index is 13.0. The molecule has 0 bridgehead atoms. The van der Waals surface area contributed by atoms with E-state index >= 15 is 0 Å². The fourth-order valence-corrected chi connectivity index (χ4v) is 3.93. The molecule has 1 aliphatic heterocycles. The minimum absolute atomic E-state index is 0.00924. The highest BCUT2D eigenvalue weighted by Gasteiger charge is 2.33. The number of hydrogen-bond donors (Lipinski definition) is 0. The van der Waals surface area contributed by atoms with E-state index < -0.39 is 11.7 Å². The summed E-state index contributed by atoms with van der Waals surface area (Å²) < 4.78 is 49.5. The summed E-state index contributed by atoms with van der Waals surface area (Å²) in [6, 6.07) is 3.94. The SMILES string of the molecule is CCOC(=O)CN1CCC(C[C@@H](C)COc2ccc(Br)c(C(F)(F)F)c2)CC1. The summed E-state index contributed by atoms with van der Waals surface area (Å²) >= 11 is 2.93. The lowest BCUT2D eigenvalue weighted by Crippen LogP contribution is -2.38. The Kier molecular flexibility index (Phi) is 8.61. The quantitative estimate of drug-likeness (QED) is 0.497. The average molecular weight is 466 g/mol. The van der Waals surface area contributed by atoms with E-state index in [2.05, 4.69) is 27.8 Å². The molecular formula is C20H27BrF3NO3. The molecule has 0 unspecified atom stereocenters. The van der Waals surface area contributed by atoms with Crippen LogP contribution in [0.15, 0.2) is 22.7 Å². The number of nitrogens with zero attached hydrogens (tertiary/aromatic N) is 1. The third-order valence-corrected chi connectivity index (χ3v) is 5.57. The van der Waals surface area contributed by atoms with E-state index in [9.17, 15) is 18.0 Å². The van der Waals surface area contributed by atoms with Gasteiger partial charge < -0.3 is 9.47 Å². The molecule has 1 atom stereocenters. The summed E-state index contributed by atoms with van der Waals surface area (Å²) in [7, 11) is 0. The van der Waals surface area contributed by atoms with Crippen LogP contribution < -0.4 is 4.74 Å². The highest BCUT2D eigenvalue weighted by molar-refractivity contribution is 9.10. The van der Waals surface area contributed by atoms with Gasteiger partial charge in [0.2, 0.25) is 0 Å². The molecule has 4 nitrogen and oxygen atoms in total. The Morgan fingerprint density at radius 3 is 2.61 bits per heavy atom. The maximum Gasteiger partial charge on any atom is 0.417 e. The summed E-state index contributed by atoms with van der Waals surface area (Å²) in [5, 5.41) is 0. The van der Waals surface area contributed by atoms with Crippen LogP contribution in [0.5, 0.6) is 5.75 Å². The van der Waals surface area contributed by atoms with Gasteiger partial charge >= 0.3 is 12.1 Å². The van der Waals surface area contributed by atoms with Crippen LogP contribution >= 0.6 is 15.9 Å². The largest absolute Gasteiger partial charge is 0.493 e. The van der Waals surface area contributed by atoms with Crippen molar-refractivity contribution in [2.75, 3.05) is 32.8 Å². The maximum atomic E-state index is 13.0. The van der Waals surface area contributed by atoms with Crippen molar-refractivity contribution in [3.05, 3.63) is 28.2 Å². The molecule has 1 aromatic rings. The van der Waals surface area contributed by atoms with Crippen molar-refractivity contribution >= 4 is 21.9 Å². The molecule has 1 heterocycles. The highest BCUT2D eigenvalue weighted by atomic mass is 79.9. The highest BCUT2D eigenvalue weighted by Crippen LogP contribution is 2.37. The van der Waals surface area contributed by atoms with Crippen LogP contribution in [0.1, 0.15) is 38.7 Å². The Morgan fingerprint density at radius 1 is 1.32 bits per heavy atom. The van der Waals surface area contributed by atoms with Crippen molar-refractivity contribution in [1.82, 2.24) is 4.90 Å². The molecule has 158 valence electrons. The third-order valence-electron chi connectivity index (χ3n) is 4.88. The van der Waals surface area contributed by atoms with Crippen LogP contribution in [0.2, 0.25) is 0 Å². The summed E-state index contributed by atoms with van der Waals surface area (Å²) in [5.41, 5.74) is -0.730. The zero-order chi connectivity index (χ0) is 20.7. The minimum Gasteiger partial charge on any atom is -0.493 e. The van der Waals surface area contributed by atoms with E-state index in [-0.39, 0.29) is 22.1 Å². The summed E-state index contributed by atoms with van der Waals surface area (Å²) in [6.07, 6.45) is -1.46. The lowest BCUT2D eigenvalue weighted by atomic mass is 9.88. The number of rotatable bonds is 8. The van der Waals surface area contributed by atoms with Crippen molar-refractivity contribution in [2.24, 2.45) is 11.8 Å². The van der Waals surface area contributed by atoms with Gasteiger partial charge in [0.25, 0.3) is 0 Å². The number of benzene rings is 1. The van der Waals surface area contributed by atoms with Crippen molar-refractivity contribution in [3.8, 4) is 5.75 Å². The Hall–Kier alpha value is -1.28. The van der Waals surface area contributed by atoms with Crippen LogP contribution in [0.25, 0.3) is 0 Å². The molecular weight excluding hydrogens is 439 g/mol. The van der Waals surface area contributed by atoms with Crippen molar-refractivity contribution in [2.45, 2.75) is 39.3 Å². The second-order valence-corrected chi connectivity index (χ2v) is 8.17. The number of likely N-dealkylation sites (tertiary alicyclic amines) is 1. The number of alkyl halides is 3. The number of piperidine rings is 1. The first-order valence-electron chi connectivity index (χ1n) is 9.56. The van der Waals surface area contributed by atoms with E-state index in [0.717, 1.165) is 38.4 Å². The molecule has 0 amide bonds. The molecule has 0 N–H and O–H groups in total. The summed E-state index contributed by atoms with van der Waals surface area (Å²) in [4.78, 5) is 13.7. The number of halogens is 4. The van der Waals surface area contributed by atoms with Gasteiger partial charge in [-0.2, -0.15) is 13.2 Å². The zero-order valence-electron chi connectivity index (χ0n) is 16.2. The molecule has 0 aromatic heterocycles. The molecule has 1 aromatic carbocycles. The first-order chi connectivity index (χ1) is 13.2. The Morgan fingerprint density at radius 2 is 2.00 bits per heavy atom. The predicted molar refractivity (Wildman–Crippen MR) is 104 cm³/mol. The van der Waals surface area contributed by atoms with Gasteiger partial charge in [-0.05, 0) is 69.3 Å². The smallest absolute Gasteiger partial charge is 0.417 e. The van der Waals surface area contributed by atoms with Gasteiger partial charge in [0, 0.05) is 4.47 Å². The van der Waals surface area contributed by atoms with Crippen LogP contribution in [0.3, 0.4) is 0 Å². The van der Waals surface area contributed by atoms with Crippen molar-refractivity contribution in [1.29, 1.82) is 0 Å². The van der Waals surface area contributed by atoms with Crippen LogP contribution in [-0.4, -0.2) is 43.7 Å². The normalized spacial score (nSPS) is 17.4. The van der Waals surface area contributed by atoms with E-state index in [0.29, 0.717) is 25.7 Å². The molecule has 0 aliphatic carbocycles. The van der Waals surface area contributed by atoms with Gasteiger partial charge in [0.15, 0.2) is 0 Å². The van der Waals surface area contributed by atoms with E-state index in [1.54, 1.807) is 13.0 Å². The molecule has 2 rings (SSSR count). The monoisotopic (exact) mass is 465 g/mol. The predicted octanol–water partition coefficient (Wildman–Crippen LogP) is 5.15. The Balaban J connectivity index is 1.75. The summed E-state index contributed by atoms with van der Waals surface area (Å²) in [6.45, 7) is 6.68. The molecule has 1 saturated heterocycles. The second kappa shape index (κ2) is 10.5. The molecule has 1 aliphatic rings. The van der Waals surface area contributed by atoms with Gasteiger partial charge in [0.05, 0.1) is 25.3 Å². The van der Waals surface area contributed by atoms with Gasteiger partial charge in [-0.3, -0.25) is 9.69 Å². The fourth-order valence-electron chi connectivity index (χ4n) is 3.46.